The molecule has 0 unspecified atom stereocenters. The Balaban J connectivity index is 1.33. The molecule has 0 aromatic carbocycles. The van der Waals surface area contributed by atoms with Crippen molar-refractivity contribution in [3.8, 4) is 11.3 Å². The average Bonchev–Trinajstić information content (AvgIpc) is 3.33. The van der Waals surface area contributed by atoms with Gasteiger partial charge in [0.1, 0.15) is 0 Å². The van der Waals surface area contributed by atoms with E-state index in [0.717, 1.165) is 32.2 Å². The van der Waals surface area contributed by atoms with Crippen molar-refractivity contribution in [2.24, 2.45) is 5.92 Å². The van der Waals surface area contributed by atoms with Crippen LogP contribution in [0.3, 0.4) is 0 Å². The number of hydrogen-bond donors (Lipinski definition) is 1. The van der Waals surface area contributed by atoms with Crippen LogP contribution in [-0.4, -0.2) is 44.2 Å². The molecule has 126 valence electrons. The standard InChI is InChI=1S/C18H21N3O2S/c22-16(11-3-5-20-12(7-11)1-2-17(20)23)8-14-18-13(4-6-24-18)15-9-19-10-21(14)15/h4,6,9-12,14,16,22H,1-3,5,7-8H2/t11-,12-,14-,16+/m1/s1. The summed E-state index contributed by atoms with van der Waals surface area (Å²) in [6.07, 6.45) is 7.74. The summed E-state index contributed by atoms with van der Waals surface area (Å²) >= 11 is 1.77. The first-order valence-electron chi connectivity index (χ1n) is 8.79. The zero-order valence-corrected chi connectivity index (χ0v) is 14.3. The molecular formula is C18H21N3O2S. The van der Waals surface area contributed by atoms with Crippen molar-refractivity contribution in [1.29, 1.82) is 0 Å². The first-order chi connectivity index (χ1) is 11.7. The first-order valence-corrected chi connectivity index (χ1v) is 9.67. The normalized spacial score (nSPS) is 29.5. The molecule has 5 heterocycles. The lowest BCUT2D eigenvalue weighted by molar-refractivity contribution is -0.131. The zero-order valence-electron chi connectivity index (χ0n) is 13.5. The number of imidazole rings is 1. The Hall–Kier alpha value is -1.66. The number of amides is 1. The van der Waals surface area contributed by atoms with Crippen LogP contribution in [0.15, 0.2) is 24.0 Å². The van der Waals surface area contributed by atoms with Gasteiger partial charge in [-0.15, -0.1) is 11.3 Å². The summed E-state index contributed by atoms with van der Waals surface area (Å²) < 4.78 is 2.21. The van der Waals surface area contributed by atoms with Crippen LogP contribution in [0.5, 0.6) is 0 Å². The molecule has 0 bridgehead atoms. The number of aromatic nitrogens is 2. The number of fused-ring (bicyclic) bond motifs is 4. The van der Waals surface area contributed by atoms with Crippen molar-refractivity contribution < 1.29 is 9.90 Å². The second-order valence-corrected chi connectivity index (χ2v) is 8.22. The third kappa shape index (κ3) is 2.09. The summed E-state index contributed by atoms with van der Waals surface area (Å²) in [7, 11) is 0. The third-order valence-electron chi connectivity index (χ3n) is 6.05. The number of nitrogens with zero attached hydrogens (tertiary/aromatic N) is 3. The summed E-state index contributed by atoms with van der Waals surface area (Å²) in [4.78, 5) is 19.5. The number of carbonyl (C=O) groups is 1. The van der Waals surface area contributed by atoms with E-state index in [1.165, 1.54) is 16.1 Å². The Kier molecular flexibility index (Phi) is 3.31. The number of carbonyl (C=O) groups excluding carboxylic acids is 1. The third-order valence-corrected chi connectivity index (χ3v) is 7.07. The fraction of sp³-hybridized carbons (Fsp3) is 0.556. The molecule has 1 N–H and O–H groups in total. The smallest absolute Gasteiger partial charge is 0.222 e. The van der Waals surface area contributed by atoms with Gasteiger partial charge < -0.3 is 14.6 Å². The van der Waals surface area contributed by atoms with Gasteiger partial charge in [0.05, 0.1) is 30.4 Å². The summed E-state index contributed by atoms with van der Waals surface area (Å²) in [5, 5.41) is 13.0. The fourth-order valence-electron chi connectivity index (χ4n) is 4.79. The van der Waals surface area contributed by atoms with E-state index in [9.17, 15) is 9.90 Å². The predicted octanol–water partition coefficient (Wildman–Crippen LogP) is 2.67. The number of aliphatic hydroxyl groups is 1. The topological polar surface area (TPSA) is 58.4 Å². The maximum Gasteiger partial charge on any atom is 0.222 e. The monoisotopic (exact) mass is 343 g/mol. The zero-order chi connectivity index (χ0) is 16.3. The molecule has 2 fully saturated rings. The van der Waals surface area contributed by atoms with Crippen LogP contribution >= 0.6 is 11.3 Å². The number of piperidine rings is 1. The van der Waals surface area contributed by atoms with E-state index < -0.39 is 0 Å². The van der Waals surface area contributed by atoms with Crippen LogP contribution in [0.4, 0.5) is 0 Å². The van der Waals surface area contributed by atoms with Gasteiger partial charge in [0.25, 0.3) is 0 Å². The number of rotatable bonds is 3. The lowest BCUT2D eigenvalue weighted by Gasteiger charge is -2.37. The van der Waals surface area contributed by atoms with Crippen LogP contribution in [0.1, 0.15) is 43.0 Å². The molecule has 5 nitrogen and oxygen atoms in total. The maximum absolute atomic E-state index is 11.8. The van der Waals surface area contributed by atoms with Crippen LogP contribution in [0, 0.1) is 5.92 Å². The maximum atomic E-state index is 11.8. The molecule has 5 rings (SSSR count). The van der Waals surface area contributed by atoms with E-state index in [1.54, 1.807) is 11.3 Å². The highest BCUT2D eigenvalue weighted by atomic mass is 32.1. The van der Waals surface area contributed by atoms with Crippen LogP contribution in [-0.2, 0) is 4.79 Å². The molecule has 24 heavy (non-hydrogen) atoms. The highest BCUT2D eigenvalue weighted by Gasteiger charge is 2.40. The van der Waals surface area contributed by atoms with Gasteiger partial charge in [0, 0.05) is 29.4 Å². The molecular weight excluding hydrogens is 322 g/mol. The van der Waals surface area contributed by atoms with E-state index in [-0.39, 0.29) is 12.1 Å². The molecule has 0 spiro atoms. The Morgan fingerprint density at radius 1 is 1.42 bits per heavy atom. The molecule has 4 atom stereocenters. The fourth-order valence-corrected chi connectivity index (χ4v) is 5.80. The first kappa shape index (κ1) is 14.7. The molecule has 3 aliphatic heterocycles. The molecule has 0 aliphatic carbocycles. The average molecular weight is 343 g/mol. The lowest BCUT2D eigenvalue weighted by Crippen LogP contribution is -2.43. The van der Waals surface area contributed by atoms with Crippen LogP contribution in [0.2, 0.25) is 0 Å². The minimum Gasteiger partial charge on any atom is -0.393 e. The molecule has 0 saturated carbocycles. The van der Waals surface area contributed by atoms with Gasteiger partial charge in [0.2, 0.25) is 5.91 Å². The minimum absolute atomic E-state index is 0.204. The van der Waals surface area contributed by atoms with Crippen molar-refractivity contribution in [3.63, 3.8) is 0 Å². The van der Waals surface area contributed by atoms with Crippen molar-refractivity contribution in [1.82, 2.24) is 14.5 Å². The van der Waals surface area contributed by atoms with E-state index in [0.29, 0.717) is 24.3 Å². The van der Waals surface area contributed by atoms with E-state index in [4.69, 9.17) is 0 Å². The number of aliphatic hydroxyl groups excluding tert-OH is 1. The van der Waals surface area contributed by atoms with Gasteiger partial charge in [-0.3, -0.25) is 4.79 Å². The molecule has 1 amide bonds. The molecule has 2 aromatic heterocycles. The second-order valence-electron chi connectivity index (χ2n) is 7.27. The Bertz CT molecular complexity index is 743. The van der Waals surface area contributed by atoms with Gasteiger partial charge in [-0.05, 0) is 43.0 Å². The molecule has 2 aromatic rings. The molecule has 6 heteroatoms. The number of thiophene rings is 1. The Morgan fingerprint density at radius 2 is 2.33 bits per heavy atom. The summed E-state index contributed by atoms with van der Waals surface area (Å²) in [5.41, 5.74) is 2.44. The van der Waals surface area contributed by atoms with Gasteiger partial charge in [-0.2, -0.15) is 0 Å². The predicted molar refractivity (Wildman–Crippen MR) is 91.8 cm³/mol. The van der Waals surface area contributed by atoms with Gasteiger partial charge >= 0.3 is 0 Å². The van der Waals surface area contributed by atoms with E-state index >= 15 is 0 Å². The molecule has 0 radical (unpaired) electrons. The lowest BCUT2D eigenvalue weighted by atomic mass is 9.84. The Morgan fingerprint density at radius 3 is 3.25 bits per heavy atom. The van der Waals surface area contributed by atoms with Crippen molar-refractivity contribution in [3.05, 3.63) is 28.8 Å². The Labute approximate surface area is 144 Å². The summed E-state index contributed by atoms with van der Waals surface area (Å²) in [5.74, 6) is 0.600. The summed E-state index contributed by atoms with van der Waals surface area (Å²) in [6.45, 7) is 0.816. The van der Waals surface area contributed by atoms with Gasteiger partial charge in [-0.1, -0.05) is 0 Å². The minimum atomic E-state index is -0.323. The number of hydrogen-bond acceptors (Lipinski definition) is 4. The second kappa shape index (κ2) is 5.43. The largest absolute Gasteiger partial charge is 0.393 e. The highest BCUT2D eigenvalue weighted by molar-refractivity contribution is 7.10. The van der Waals surface area contributed by atoms with Crippen molar-refractivity contribution in [2.75, 3.05) is 6.54 Å². The van der Waals surface area contributed by atoms with Gasteiger partial charge in [0.15, 0.2) is 0 Å². The van der Waals surface area contributed by atoms with Crippen LogP contribution in [0.25, 0.3) is 11.3 Å². The van der Waals surface area contributed by atoms with Crippen molar-refractivity contribution in [2.45, 2.75) is 50.3 Å². The summed E-state index contributed by atoms with van der Waals surface area (Å²) in [6, 6.07) is 2.72. The van der Waals surface area contributed by atoms with Crippen LogP contribution < -0.4 is 0 Å². The quantitative estimate of drug-likeness (QED) is 0.932. The van der Waals surface area contributed by atoms with Gasteiger partial charge in [-0.25, -0.2) is 4.98 Å². The van der Waals surface area contributed by atoms with E-state index in [1.807, 2.05) is 17.4 Å². The SMILES string of the molecule is O=C1CC[C@@H]2C[C@H]([C@@H](O)C[C@@H]3c4sccc4-c4cncn43)CCN12. The highest BCUT2D eigenvalue weighted by Crippen LogP contribution is 2.45. The van der Waals surface area contributed by atoms with E-state index in [2.05, 4.69) is 21.0 Å². The molecule has 2 saturated heterocycles. The van der Waals surface area contributed by atoms with Crippen molar-refractivity contribution >= 4 is 17.2 Å². The molecule has 3 aliphatic rings.